The second-order valence-corrected chi connectivity index (χ2v) is 8.53. The Bertz CT molecular complexity index is 1030. The number of urea groups is 1. The standard InChI is InChI=1S/C24H30F2N4O5.2ClH/c1-34-19-5-3-2-4-18(19)29-8-10-30(11-9-29)22-20(35-21(14-31)23(22)32)13-27-24(33)28-17-7-6-15(25)12-16(17)26;;/h2-7,12,20-23,31-32H,8-11,13-14H2,1H3,(H2,27,28,33);2*1H/t20-,21+,22+,23-;;/m1../s1. The molecule has 0 saturated carbocycles. The van der Waals surface area contributed by atoms with Gasteiger partial charge in [0.25, 0.3) is 0 Å². The number of benzene rings is 2. The van der Waals surface area contributed by atoms with Gasteiger partial charge in [-0.3, -0.25) is 4.90 Å². The number of hydrogen-bond donors (Lipinski definition) is 4. The van der Waals surface area contributed by atoms with Gasteiger partial charge in [0.2, 0.25) is 0 Å². The lowest BCUT2D eigenvalue weighted by atomic mass is 10.0. The summed E-state index contributed by atoms with van der Waals surface area (Å²) >= 11 is 0. The number of piperazine rings is 1. The fourth-order valence-electron chi connectivity index (χ4n) is 4.70. The summed E-state index contributed by atoms with van der Waals surface area (Å²) in [5.41, 5.74) is 0.836. The first-order valence-corrected chi connectivity index (χ1v) is 11.5. The lowest BCUT2D eigenvalue weighted by Crippen LogP contribution is -2.57. The van der Waals surface area contributed by atoms with Crippen molar-refractivity contribution in [2.45, 2.75) is 24.4 Å². The van der Waals surface area contributed by atoms with Gasteiger partial charge in [0.05, 0.1) is 37.2 Å². The summed E-state index contributed by atoms with van der Waals surface area (Å²) in [6.45, 7) is 2.31. The van der Waals surface area contributed by atoms with Crippen molar-refractivity contribution in [3.63, 3.8) is 0 Å². The molecule has 2 aliphatic heterocycles. The van der Waals surface area contributed by atoms with E-state index in [2.05, 4.69) is 20.4 Å². The number of aliphatic hydroxyl groups excluding tert-OH is 2. The van der Waals surface area contributed by atoms with Crippen LogP contribution in [-0.2, 0) is 4.74 Å². The van der Waals surface area contributed by atoms with Crippen molar-refractivity contribution in [2.75, 3.05) is 56.7 Å². The average Bonchev–Trinajstić information content (AvgIpc) is 3.19. The normalized spacial score (nSPS) is 23.5. The van der Waals surface area contributed by atoms with Crippen LogP contribution in [0.15, 0.2) is 42.5 Å². The molecule has 13 heteroatoms. The number of aliphatic hydroxyl groups is 2. The Morgan fingerprint density at radius 2 is 1.81 bits per heavy atom. The van der Waals surface area contributed by atoms with E-state index >= 15 is 0 Å². The molecule has 2 saturated heterocycles. The molecule has 0 aliphatic carbocycles. The van der Waals surface area contributed by atoms with Crippen molar-refractivity contribution in [2.24, 2.45) is 0 Å². The van der Waals surface area contributed by atoms with E-state index in [1.54, 1.807) is 7.11 Å². The van der Waals surface area contributed by atoms with E-state index in [9.17, 15) is 23.8 Å². The number of anilines is 2. The van der Waals surface area contributed by atoms with Gasteiger partial charge in [-0.25, -0.2) is 13.6 Å². The Kier molecular flexibility index (Phi) is 11.6. The molecule has 2 amide bonds. The largest absolute Gasteiger partial charge is 0.495 e. The first kappa shape index (κ1) is 30.8. The Hall–Kier alpha value is -2.41. The highest BCUT2D eigenvalue weighted by atomic mass is 35.5. The Labute approximate surface area is 226 Å². The monoisotopic (exact) mass is 564 g/mol. The smallest absolute Gasteiger partial charge is 0.319 e. The van der Waals surface area contributed by atoms with Crippen LogP contribution in [0.5, 0.6) is 5.75 Å². The highest BCUT2D eigenvalue weighted by Gasteiger charge is 2.46. The molecule has 0 spiro atoms. The molecule has 4 N–H and O–H groups in total. The maximum absolute atomic E-state index is 13.8. The van der Waals surface area contributed by atoms with E-state index in [0.717, 1.165) is 23.6 Å². The third-order valence-corrected chi connectivity index (χ3v) is 6.45. The molecule has 4 rings (SSSR count). The van der Waals surface area contributed by atoms with Crippen molar-refractivity contribution in [1.82, 2.24) is 10.2 Å². The van der Waals surface area contributed by atoms with E-state index < -0.39 is 42.0 Å². The number of methoxy groups -OCH3 is 1. The number of rotatable bonds is 7. The molecule has 9 nitrogen and oxygen atoms in total. The number of carbonyl (C=O) groups is 1. The van der Waals surface area contributed by atoms with E-state index in [1.165, 1.54) is 0 Å². The van der Waals surface area contributed by atoms with E-state index in [0.29, 0.717) is 32.2 Å². The third-order valence-electron chi connectivity index (χ3n) is 6.45. The summed E-state index contributed by atoms with van der Waals surface area (Å²) in [7, 11) is 1.63. The van der Waals surface area contributed by atoms with Gasteiger partial charge in [-0.15, -0.1) is 24.8 Å². The van der Waals surface area contributed by atoms with Gasteiger partial charge in [-0.1, -0.05) is 12.1 Å². The number of carbonyl (C=O) groups excluding carboxylic acids is 1. The van der Waals surface area contributed by atoms with Gasteiger partial charge >= 0.3 is 6.03 Å². The van der Waals surface area contributed by atoms with E-state index in [-0.39, 0.29) is 43.7 Å². The fourth-order valence-corrected chi connectivity index (χ4v) is 4.70. The van der Waals surface area contributed by atoms with E-state index in [1.807, 2.05) is 24.3 Å². The molecule has 4 atom stereocenters. The van der Waals surface area contributed by atoms with Crippen LogP contribution in [0.3, 0.4) is 0 Å². The number of nitrogens with zero attached hydrogens (tertiary/aromatic N) is 2. The Balaban J connectivity index is 0.00000241. The first-order chi connectivity index (χ1) is 16.9. The van der Waals surface area contributed by atoms with Crippen molar-refractivity contribution >= 4 is 42.2 Å². The quantitative estimate of drug-likeness (QED) is 0.408. The average molecular weight is 565 g/mol. The minimum Gasteiger partial charge on any atom is -0.495 e. The lowest BCUT2D eigenvalue weighted by Gasteiger charge is -2.41. The van der Waals surface area contributed by atoms with Crippen LogP contribution in [0, 0.1) is 11.6 Å². The molecule has 0 aromatic heterocycles. The maximum Gasteiger partial charge on any atom is 0.319 e. The number of nitrogens with one attached hydrogen (secondary N) is 2. The van der Waals surface area contributed by atoms with Gasteiger partial charge < -0.3 is 35.2 Å². The highest BCUT2D eigenvalue weighted by molar-refractivity contribution is 5.89. The van der Waals surface area contributed by atoms with Crippen molar-refractivity contribution in [1.29, 1.82) is 0 Å². The van der Waals surface area contributed by atoms with Gasteiger partial charge in [-0.05, 0) is 24.3 Å². The van der Waals surface area contributed by atoms with Gasteiger partial charge in [0.15, 0.2) is 0 Å². The predicted molar refractivity (Wildman–Crippen MR) is 140 cm³/mol. The van der Waals surface area contributed by atoms with Crippen molar-refractivity contribution in [3.05, 3.63) is 54.1 Å². The number of hydrogen-bond acceptors (Lipinski definition) is 7. The topological polar surface area (TPSA) is 107 Å². The second-order valence-electron chi connectivity index (χ2n) is 8.53. The lowest BCUT2D eigenvalue weighted by molar-refractivity contribution is -0.0205. The maximum atomic E-state index is 13.8. The van der Waals surface area contributed by atoms with Crippen LogP contribution in [0.1, 0.15) is 0 Å². The SMILES string of the molecule is COc1ccccc1N1CCN([C@@H]2[C@H](O)[C@H](CO)O[C@@H]2CNC(=O)Nc2ccc(F)cc2F)CC1.Cl.Cl. The zero-order valence-corrected chi connectivity index (χ0v) is 21.8. The zero-order chi connectivity index (χ0) is 24.9. The van der Waals surface area contributed by atoms with E-state index in [4.69, 9.17) is 9.47 Å². The first-order valence-electron chi connectivity index (χ1n) is 11.5. The van der Waals surface area contributed by atoms with Gasteiger partial charge in [0.1, 0.15) is 29.6 Å². The van der Waals surface area contributed by atoms with Crippen LogP contribution < -0.4 is 20.3 Å². The van der Waals surface area contributed by atoms with Crippen molar-refractivity contribution in [3.8, 4) is 5.75 Å². The summed E-state index contributed by atoms with van der Waals surface area (Å²) < 4.78 is 38.2. The predicted octanol–water partition coefficient (Wildman–Crippen LogP) is 2.25. The van der Waals surface area contributed by atoms with Crippen LogP contribution in [-0.4, -0.2) is 91.9 Å². The summed E-state index contributed by atoms with van der Waals surface area (Å²) in [6, 6.07) is 9.49. The summed E-state index contributed by atoms with van der Waals surface area (Å²) in [6.07, 6.45) is -2.32. The molecule has 0 radical (unpaired) electrons. The van der Waals surface area contributed by atoms with Crippen LogP contribution >= 0.6 is 24.8 Å². The molecule has 37 heavy (non-hydrogen) atoms. The fraction of sp³-hybridized carbons (Fsp3) is 0.458. The van der Waals surface area contributed by atoms with Crippen molar-refractivity contribution < 1.29 is 33.3 Å². The number of ether oxygens (including phenoxy) is 2. The highest BCUT2D eigenvalue weighted by Crippen LogP contribution is 2.31. The van der Waals surface area contributed by atoms with Crippen LogP contribution in [0.2, 0.25) is 0 Å². The molecule has 2 aliphatic rings. The molecular weight excluding hydrogens is 533 g/mol. The molecule has 206 valence electrons. The zero-order valence-electron chi connectivity index (χ0n) is 20.2. The molecule has 2 aromatic rings. The summed E-state index contributed by atoms with van der Waals surface area (Å²) in [5.74, 6) is -0.847. The number of halogens is 4. The van der Waals surface area contributed by atoms with Crippen LogP contribution in [0.25, 0.3) is 0 Å². The summed E-state index contributed by atoms with van der Waals surface area (Å²) in [5, 5.41) is 25.4. The third kappa shape index (κ3) is 7.13. The van der Waals surface area contributed by atoms with Gasteiger partial charge in [-0.2, -0.15) is 0 Å². The number of para-hydroxylation sites is 2. The number of amides is 2. The minimum absolute atomic E-state index is 0. The molecule has 2 aromatic carbocycles. The molecule has 2 fully saturated rings. The summed E-state index contributed by atoms with van der Waals surface area (Å²) in [4.78, 5) is 16.6. The second kappa shape index (κ2) is 13.9. The molecular formula is C24H32Cl2F2N4O5. The minimum atomic E-state index is -0.942. The molecule has 0 bridgehead atoms. The Morgan fingerprint density at radius 1 is 1.11 bits per heavy atom. The Morgan fingerprint density at radius 3 is 2.46 bits per heavy atom. The molecule has 2 heterocycles. The van der Waals surface area contributed by atoms with Gasteiger partial charge in [0, 0.05) is 38.8 Å². The van der Waals surface area contributed by atoms with Crippen LogP contribution in [0.4, 0.5) is 25.0 Å². The molecule has 0 unspecified atom stereocenters.